The van der Waals surface area contributed by atoms with E-state index in [0.29, 0.717) is 27.9 Å². The van der Waals surface area contributed by atoms with Crippen molar-refractivity contribution in [3.05, 3.63) is 175 Å². The van der Waals surface area contributed by atoms with Crippen molar-refractivity contribution in [2.24, 2.45) is 0 Å². The highest BCUT2D eigenvalue weighted by Crippen LogP contribution is 2.46. The fourth-order valence-electron chi connectivity index (χ4n) is 6.80. The predicted octanol–water partition coefficient (Wildman–Crippen LogP) is 11.3. The molecule has 0 aliphatic carbocycles. The summed E-state index contributed by atoms with van der Waals surface area (Å²) in [5, 5.41) is 23.0. The second-order valence-corrected chi connectivity index (χ2v) is 11.6. The number of aromatic nitrogens is 1. The molecule has 8 aromatic rings. The molecule has 7 aromatic carbocycles. The highest BCUT2D eigenvalue weighted by Gasteiger charge is 2.29. The van der Waals surface area contributed by atoms with Crippen molar-refractivity contribution >= 4 is 21.8 Å². The lowest BCUT2D eigenvalue weighted by atomic mass is 9.87. The number of nitriles is 2. The van der Waals surface area contributed by atoms with Gasteiger partial charge in [0, 0.05) is 21.9 Å². The van der Waals surface area contributed by atoms with E-state index in [1.54, 1.807) is 0 Å². The number of nitrogens with zero attached hydrogens (tertiary/aromatic N) is 3. The van der Waals surface area contributed by atoms with E-state index < -0.39 is 5.82 Å². The fourth-order valence-corrected chi connectivity index (χ4v) is 6.80. The van der Waals surface area contributed by atoms with Crippen molar-refractivity contribution < 1.29 is 4.39 Å². The normalized spacial score (nSPS) is 11.0. The molecule has 0 atom stereocenters. The van der Waals surface area contributed by atoms with E-state index in [4.69, 9.17) is 0 Å². The van der Waals surface area contributed by atoms with Crippen LogP contribution in [0.3, 0.4) is 0 Å². The van der Waals surface area contributed by atoms with Gasteiger partial charge < -0.3 is 4.57 Å². The first kappa shape index (κ1) is 28.7. The molecule has 1 heterocycles. The summed E-state index contributed by atoms with van der Waals surface area (Å²) in [5.41, 5.74) is 8.56. The lowest BCUT2D eigenvalue weighted by Crippen LogP contribution is -2.08. The van der Waals surface area contributed by atoms with Crippen LogP contribution in [0.5, 0.6) is 0 Å². The molecule has 0 aliphatic rings. The summed E-state index contributed by atoms with van der Waals surface area (Å²) in [4.78, 5) is 0. The lowest BCUT2D eigenvalue weighted by molar-refractivity contribution is 0.621. The van der Waals surface area contributed by atoms with Crippen LogP contribution in [-0.4, -0.2) is 4.57 Å². The van der Waals surface area contributed by atoms with Gasteiger partial charge in [0.15, 0.2) is 5.82 Å². The van der Waals surface area contributed by atoms with Gasteiger partial charge in [-0.3, -0.25) is 0 Å². The largest absolute Gasteiger partial charge is 0.308 e. The monoisotopic (exact) mass is 615 g/mol. The Labute approximate surface area is 277 Å². The van der Waals surface area contributed by atoms with Crippen molar-refractivity contribution in [3.8, 4) is 62.3 Å². The number of rotatable bonds is 5. The molecule has 4 heteroatoms. The summed E-state index contributed by atoms with van der Waals surface area (Å²) in [6.45, 7) is 0. The van der Waals surface area contributed by atoms with Crippen LogP contribution >= 0.6 is 0 Å². The van der Waals surface area contributed by atoms with E-state index >= 15 is 4.39 Å². The van der Waals surface area contributed by atoms with Gasteiger partial charge in [-0.25, -0.2) is 4.39 Å². The minimum absolute atomic E-state index is 0.163. The maximum atomic E-state index is 16.4. The number of hydrogen-bond donors (Lipinski definition) is 0. The van der Waals surface area contributed by atoms with Crippen molar-refractivity contribution in [1.29, 1.82) is 10.5 Å². The van der Waals surface area contributed by atoms with E-state index in [1.807, 2.05) is 97.1 Å². The molecule has 0 radical (unpaired) electrons. The molecule has 48 heavy (non-hydrogen) atoms. The molecule has 0 amide bonds. The highest BCUT2D eigenvalue weighted by molar-refractivity contribution is 6.13. The molecule has 0 saturated carbocycles. The van der Waals surface area contributed by atoms with E-state index in [9.17, 15) is 10.5 Å². The molecule has 8 rings (SSSR count). The van der Waals surface area contributed by atoms with Gasteiger partial charge in [-0.2, -0.15) is 10.5 Å². The van der Waals surface area contributed by atoms with Gasteiger partial charge in [0.1, 0.15) is 12.1 Å². The van der Waals surface area contributed by atoms with Crippen LogP contribution < -0.4 is 0 Å². The first-order valence-electron chi connectivity index (χ1n) is 15.7. The average molecular weight is 616 g/mol. The first-order chi connectivity index (χ1) is 23.7. The molecule has 224 valence electrons. The molecule has 3 nitrogen and oxygen atoms in total. The van der Waals surface area contributed by atoms with Crippen LogP contribution in [0, 0.1) is 28.5 Å². The van der Waals surface area contributed by atoms with Gasteiger partial charge in [0.05, 0.1) is 27.8 Å². The Balaban J connectivity index is 1.58. The number of halogens is 1. The van der Waals surface area contributed by atoms with Crippen LogP contribution in [0.2, 0.25) is 0 Å². The summed E-state index contributed by atoms with van der Waals surface area (Å²) >= 11 is 0. The third-order valence-electron chi connectivity index (χ3n) is 8.96. The lowest BCUT2D eigenvalue weighted by Gasteiger charge is -2.22. The molecule has 0 bridgehead atoms. The van der Waals surface area contributed by atoms with Gasteiger partial charge in [0.2, 0.25) is 0 Å². The molecular weight excluding hydrogens is 590 g/mol. The Morgan fingerprint density at radius 1 is 0.417 bits per heavy atom. The summed E-state index contributed by atoms with van der Waals surface area (Å²) in [5.74, 6) is -0.819. The van der Waals surface area contributed by atoms with E-state index in [0.717, 1.165) is 44.1 Å². The topological polar surface area (TPSA) is 52.5 Å². The Kier molecular flexibility index (Phi) is 7.10. The second-order valence-electron chi connectivity index (χ2n) is 11.6. The van der Waals surface area contributed by atoms with Crippen molar-refractivity contribution in [3.63, 3.8) is 0 Å². The fraction of sp³-hybridized carbons (Fsp3) is 0. The zero-order valence-electron chi connectivity index (χ0n) is 25.7. The summed E-state index contributed by atoms with van der Waals surface area (Å²) < 4.78 is 18.6. The molecule has 0 N–H and O–H groups in total. The van der Waals surface area contributed by atoms with Gasteiger partial charge in [0.25, 0.3) is 0 Å². The highest BCUT2D eigenvalue weighted by atomic mass is 19.1. The molecule has 1 aromatic heterocycles. The first-order valence-corrected chi connectivity index (χ1v) is 15.7. The molecular formula is C44H26FN3. The maximum absolute atomic E-state index is 16.4. The summed E-state index contributed by atoms with van der Waals surface area (Å²) in [6.07, 6.45) is 0. The summed E-state index contributed by atoms with van der Waals surface area (Å²) in [7, 11) is 0. The Morgan fingerprint density at radius 3 is 1.12 bits per heavy atom. The minimum Gasteiger partial charge on any atom is -0.308 e. The minimum atomic E-state index is -0.819. The van der Waals surface area contributed by atoms with Crippen LogP contribution in [0.25, 0.3) is 72.0 Å². The average Bonchev–Trinajstić information content (AvgIpc) is 3.48. The Bertz CT molecular complexity index is 2380. The number of hydrogen-bond acceptors (Lipinski definition) is 2. The van der Waals surface area contributed by atoms with Crippen LogP contribution in [0.4, 0.5) is 4.39 Å². The Morgan fingerprint density at radius 2 is 0.771 bits per heavy atom. The van der Waals surface area contributed by atoms with E-state index in [1.165, 1.54) is 0 Å². The third kappa shape index (κ3) is 4.64. The molecule has 0 saturated heterocycles. The van der Waals surface area contributed by atoms with Crippen LogP contribution in [0.1, 0.15) is 11.1 Å². The molecule has 0 aliphatic heterocycles. The standard InChI is InChI=1S/C44H26FN3/c45-43-37(27-46)41(31-17-9-3-10-18-31)44(42(38(43)28-47)32-19-11-4-12-20-32)48-39-23-21-33(29-13-5-1-6-14-29)25-35(39)36-26-34(22-24-40(36)48)30-15-7-2-8-16-30/h1-26H. The van der Waals surface area contributed by atoms with Gasteiger partial charge in [-0.1, -0.05) is 133 Å². The zero-order chi connectivity index (χ0) is 32.6. The number of fused-ring (bicyclic) bond motifs is 3. The zero-order valence-corrected chi connectivity index (χ0v) is 25.7. The smallest absolute Gasteiger partial charge is 0.160 e. The van der Waals surface area contributed by atoms with E-state index in [2.05, 4.69) is 77.4 Å². The summed E-state index contributed by atoms with van der Waals surface area (Å²) in [6, 6.07) is 56.3. The Hall–Kier alpha value is -6.75. The van der Waals surface area contributed by atoms with Crippen molar-refractivity contribution in [2.75, 3.05) is 0 Å². The number of benzene rings is 7. The molecule has 0 fully saturated rings. The maximum Gasteiger partial charge on any atom is 0.160 e. The molecule has 0 spiro atoms. The third-order valence-corrected chi connectivity index (χ3v) is 8.96. The van der Waals surface area contributed by atoms with Gasteiger partial charge >= 0.3 is 0 Å². The van der Waals surface area contributed by atoms with Gasteiger partial charge in [-0.15, -0.1) is 0 Å². The quantitative estimate of drug-likeness (QED) is 0.193. The van der Waals surface area contributed by atoms with E-state index in [-0.39, 0.29) is 11.1 Å². The van der Waals surface area contributed by atoms with Crippen molar-refractivity contribution in [2.45, 2.75) is 0 Å². The predicted molar refractivity (Wildman–Crippen MR) is 192 cm³/mol. The van der Waals surface area contributed by atoms with Gasteiger partial charge in [-0.05, 0) is 57.6 Å². The molecule has 0 unspecified atom stereocenters. The second kappa shape index (κ2) is 11.9. The SMILES string of the molecule is N#Cc1c(F)c(C#N)c(-c2ccccc2)c(-n2c3ccc(-c4ccccc4)cc3c3cc(-c4ccccc4)ccc32)c1-c1ccccc1. The van der Waals surface area contributed by atoms with Crippen molar-refractivity contribution in [1.82, 2.24) is 4.57 Å². The van der Waals surface area contributed by atoms with Crippen LogP contribution in [-0.2, 0) is 0 Å². The van der Waals surface area contributed by atoms with Crippen LogP contribution in [0.15, 0.2) is 158 Å².